The Labute approximate surface area is 124 Å². The zero-order valence-electron chi connectivity index (χ0n) is 11.8. The third-order valence-electron chi connectivity index (χ3n) is 3.65. The molecule has 2 aromatic carbocycles. The van der Waals surface area contributed by atoms with Gasteiger partial charge in [0, 0.05) is 17.9 Å². The van der Waals surface area contributed by atoms with Crippen LogP contribution in [0.1, 0.15) is 12.0 Å². The Morgan fingerprint density at radius 1 is 1.14 bits per heavy atom. The molecule has 0 aliphatic carbocycles. The number of fused-ring (bicyclic) bond motifs is 1. The Morgan fingerprint density at radius 3 is 2.71 bits per heavy atom. The maximum Gasteiger partial charge on any atom is 0.230 e. The van der Waals surface area contributed by atoms with Gasteiger partial charge < -0.3 is 15.4 Å². The van der Waals surface area contributed by atoms with Crippen LogP contribution in [0.15, 0.2) is 48.5 Å². The second-order valence-electron chi connectivity index (χ2n) is 5.09. The third-order valence-corrected chi connectivity index (χ3v) is 3.65. The average Bonchev–Trinajstić information content (AvgIpc) is 2.93. The van der Waals surface area contributed by atoms with E-state index in [4.69, 9.17) is 10.5 Å². The number of amides is 1. The summed E-state index contributed by atoms with van der Waals surface area (Å²) in [5, 5.41) is 0. The number of carbonyl (C=O) groups excluding carboxylic acids is 1. The van der Waals surface area contributed by atoms with Gasteiger partial charge in [-0.05, 0) is 42.3 Å². The van der Waals surface area contributed by atoms with Gasteiger partial charge in [-0.1, -0.05) is 18.2 Å². The van der Waals surface area contributed by atoms with Gasteiger partial charge in [0.15, 0.2) is 0 Å². The molecule has 0 atom stereocenters. The molecule has 0 radical (unpaired) electrons. The summed E-state index contributed by atoms with van der Waals surface area (Å²) in [5.41, 5.74) is 8.59. The second kappa shape index (κ2) is 5.87. The van der Waals surface area contributed by atoms with Crippen LogP contribution in [-0.4, -0.2) is 19.1 Å². The Balaban J connectivity index is 1.54. The summed E-state index contributed by atoms with van der Waals surface area (Å²) in [6.45, 7) is 1.14. The number of ether oxygens (including phenoxy) is 1. The molecule has 2 aromatic rings. The first-order valence-electron chi connectivity index (χ1n) is 7.10. The number of nitrogens with zero attached hydrogens (tertiary/aromatic N) is 1. The predicted molar refractivity (Wildman–Crippen MR) is 83.5 cm³/mol. The van der Waals surface area contributed by atoms with Crippen LogP contribution in [0.2, 0.25) is 0 Å². The Morgan fingerprint density at radius 2 is 1.90 bits per heavy atom. The normalized spacial score (nSPS) is 13.0. The molecule has 0 fully saturated rings. The summed E-state index contributed by atoms with van der Waals surface area (Å²) >= 11 is 0. The van der Waals surface area contributed by atoms with E-state index in [9.17, 15) is 4.79 Å². The van der Waals surface area contributed by atoms with Crippen LogP contribution in [-0.2, 0) is 11.2 Å². The fourth-order valence-corrected chi connectivity index (χ4v) is 2.55. The molecule has 0 saturated heterocycles. The van der Waals surface area contributed by atoms with Gasteiger partial charge in [0.25, 0.3) is 0 Å². The molecule has 4 heteroatoms. The molecule has 108 valence electrons. The predicted octanol–water partition coefficient (Wildman–Crippen LogP) is 2.63. The highest BCUT2D eigenvalue weighted by Gasteiger charge is 2.23. The summed E-state index contributed by atoms with van der Waals surface area (Å²) < 4.78 is 5.58. The molecule has 0 aromatic heterocycles. The molecule has 0 bridgehead atoms. The summed E-state index contributed by atoms with van der Waals surface area (Å²) in [4.78, 5) is 14.1. The van der Waals surface area contributed by atoms with Crippen LogP contribution < -0.4 is 15.4 Å². The average molecular weight is 282 g/mol. The standard InChI is InChI=1S/C17H18N2O2/c18-14-5-7-15(8-6-14)21-12-10-17(20)19-11-9-13-3-1-2-4-16(13)19/h1-8H,9-12,18H2. The number of carbonyl (C=O) groups is 1. The first kappa shape index (κ1) is 13.5. The van der Waals surface area contributed by atoms with Crippen LogP contribution in [0.3, 0.4) is 0 Å². The number of anilines is 2. The number of nitrogen functional groups attached to an aromatic ring is 1. The fourth-order valence-electron chi connectivity index (χ4n) is 2.55. The molecular formula is C17H18N2O2. The van der Waals surface area contributed by atoms with Crippen molar-refractivity contribution >= 4 is 17.3 Å². The molecule has 1 aliphatic heterocycles. The van der Waals surface area contributed by atoms with Gasteiger partial charge in [-0.3, -0.25) is 4.79 Å². The van der Waals surface area contributed by atoms with Gasteiger partial charge in [0.05, 0.1) is 13.0 Å². The minimum atomic E-state index is 0.107. The van der Waals surface area contributed by atoms with Crippen molar-refractivity contribution in [2.45, 2.75) is 12.8 Å². The van der Waals surface area contributed by atoms with Crippen molar-refractivity contribution in [2.24, 2.45) is 0 Å². The Kier molecular flexibility index (Phi) is 3.77. The number of para-hydroxylation sites is 1. The van der Waals surface area contributed by atoms with Gasteiger partial charge in [-0.2, -0.15) is 0 Å². The van der Waals surface area contributed by atoms with E-state index in [-0.39, 0.29) is 5.91 Å². The van der Waals surface area contributed by atoms with Crippen molar-refractivity contribution in [3.05, 3.63) is 54.1 Å². The minimum absolute atomic E-state index is 0.107. The van der Waals surface area contributed by atoms with Crippen LogP contribution in [0.5, 0.6) is 5.75 Å². The van der Waals surface area contributed by atoms with E-state index in [1.165, 1.54) is 5.56 Å². The molecule has 3 rings (SSSR count). The smallest absolute Gasteiger partial charge is 0.230 e. The molecule has 1 amide bonds. The van der Waals surface area contributed by atoms with Crippen molar-refractivity contribution in [2.75, 3.05) is 23.8 Å². The highest BCUT2D eigenvalue weighted by Crippen LogP contribution is 2.27. The Bertz CT molecular complexity index is 637. The summed E-state index contributed by atoms with van der Waals surface area (Å²) in [6, 6.07) is 15.2. The van der Waals surface area contributed by atoms with E-state index < -0.39 is 0 Å². The lowest BCUT2D eigenvalue weighted by Crippen LogP contribution is -2.30. The monoisotopic (exact) mass is 282 g/mol. The molecule has 4 nitrogen and oxygen atoms in total. The first-order valence-corrected chi connectivity index (χ1v) is 7.10. The topological polar surface area (TPSA) is 55.6 Å². The van der Waals surface area contributed by atoms with Crippen LogP contribution >= 0.6 is 0 Å². The third kappa shape index (κ3) is 2.99. The minimum Gasteiger partial charge on any atom is -0.493 e. The number of rotatable bonds is 4. The lowest BCUT2D eigenvalue weighted by Gasteiger charge is -2.17. The highest BCUT2D eigenvalue weighted by atomic mass is 16.5. The molecule has 0 spiro atoms. The molecule has 1 heterocycles. The van der Waals surface area contributed by atoms with Gasteiger partial charge in [-0.25, -0.2) is 0 Å². The van der Waals surface area contributed by atoms with Gasteiger partial charge in [0.2, 0.25) is 5.91 Å². The SMILES string of the molecule is Nc1ccc(OCCC(=O)N2CCc3ccccc32)cc1. The largest absolute Gasteiger partial charge is 0.493 e. The van der Waals surface area contributed by atoms with E-state index in [0.717, 1.165) is 24.4 Å². The lowest BCUT2D eigenvalue weighted by atomic mass is 10.2. The van der Waals surface area contributed by atoms with Crippen LogP contribution in [0, 0.1) is 0 Å². The molecule has 0 saturated carbocycles. The lowest BCUT2D eigenvalue weighted by molar-refractivity contribution is -0.119. The van der Waals surface area contributed by atoms with Crippen molar-refractivity contribution in [3.8, 4) is 5.75 Å². The summed E-state index contributed by atoms with van der Waals surface area (Å²) in [6.07, 6.45) is 1.31. The summed E-state index contributed by atoms with van der Waals surface area (Å²) in [5.74, 6) is 0.842. The van der Waals surface area contributed by atoms with Crippen LogP contribution in [0.4, 0.5) is 11.4 Å². The fraction of sp³-hybridized carbons (Fsp3) is 0.235. The van der Waals surface area contributed by atoms with E-state index in [1.54, 1.807) is 12.1 Å². The van der Waals surface area contributed by atoms with Gasteiger partial charge in [-0.15, -0.1) is 0 Å². The molecule has 2 N–H and O–H groups in total. The quantitative estimate of drug-likeness (QED) is 0.877. The van der Waals surface area contributed by atoms with E-state index in [1.807, 2.05) is 35.2 Å². The maximum atomic E-state index is 12.3. The van der Waals surface area contributed by atoms with Crippen LogP contribution in [0.25, 0.3) is 0 Å². The van der Waals surface area contributed by atoms with Crippen molar-refractivity contribution in [1.82, 2.24) is 0 Å². The van der Waals surface area contributed by atoms with Crippen molar-refractivity contribution in [3.63, 3.8) is 0 Å². The molecule has 21 heavy (non-hydrogen) atoms. The van der Waals surface area contributed by atoms with Crippen molar-refractivity contribution in [1.29, 1.82) is 0 Å². The van der Waals surface area contributed by atoms with Gasteiger partial charge in [0.1, 0.15) is 5.75 Å². The number of benzene rings is 2. The molecule has 0 unspecified atom stereocenters. The zero-order valence-corrected chi connectivity index (χ0v) is 11.8. The van der Waals surface area contributed by atoms with E-state index in [0.29, 0.717) is 18.7 Å². The van der Waals surface area contributed by atoms with E-state index >= 15 is 0 Å². The van der Waals surface area contributed by atoms with E-state index in [2.05, 4.69) is 6.07 Å². The van der Waals surface area contributed by atoms with Gasteiger partial charge >= 0.3 is 0 Å². The summed E-state index contributed by atoms with van der Waals surface area (Å²) in [7, 11) is 0. The Hall–Kier alpha value is -2.49. The first-order chi connectivity index (χ1) is 10.2. The second-order valence-corrected chi connectivity index (χ2v) is 5.09. The molecular weight excluding hydrogens is 264 g/mol. The number of hydrogen-bond donors (Lipinski definition) is 1. The maximum absolute atomic E-state index is 12.3. The molecule has 1 aliphatic rings. The van der Waals surface area contributed by atoms with Crippen molar-refractivity contribution < 1.29 is 9.53 Å². The zero-order chi connectivity index (χ0) is 14.7. The number of nitrogens with two attached hydrogens (primary N) is 1. The number of hydrogen-bond acceptors (Lipinski definition) is 3. The highest BCUT2D eigenvalue weighted by molar-refractivity contribution is 5.95.